The van der Waals surface area contributed by atoms with Crippen molar-refractivity contribution in [1.29, 1.82) is 0 Å². The van der Waals surface area contributed by atoms with E-state index in [1.807, 2.05) is 0 Å². The van der Waals surface area contributed by atoms with Crippen LogP contribution in [0, 0.1) is 0 Å². The van der Waals surface area contributed by atoms with Crippen molar-refractivity contribution in [3.8, 4) is 16.8 Å². The van der Waals surface area contributed by atoms with Crippen molar-refractivity contribution in [3.63, 3.8) is 0 Å². The number of nitrogens with one attached hydrogen (secondary N) is 1. The fraction of sp³-hybridized carbons (Fsp3) is 0.0926. The first-order valence-corrected chi connectivity index (χ1v) is 20.3. The lowest BCUT2D eigenvalue weighted by Gasteiger charge is -2.26. The van der Waals surface area contributed by atoms with Gasteiger partial charge in [0.15, 0.2) is 0 Å². The van der Waals surface area contributed by atoms with Crippen LogP contribution in [0.15, 0.2) is 187 Å². The van der Waals surface area contributed by atoms with Crippen LogP contribution in [0.3, 0.4) is 0 Å². The van der Waals surface area contributed by atoms with Crippen molar-refractivity contribution in [2.45, 2.75) is 32.0 Å². The molecule has 2 unspecified atom stereocenters. The third-order valence-electron chi connectivity index (χ3n) is 12.9. The summed E-state index contributed by atoms with van der Waals surface area (Å²) in [4.78, 5) is 5.27. The van der Waals surface area contributed by atoms with Crippen LogP contribution in [-0.4, -0.2) is 10.4 Å². The maximum atomic E-state index is 5.27. The molecule has 0 saturated carbocycles. The number of benzene rings is 9. The zero-order chi connectivity index (χ0) is 38.5. The molecular formula is C54H40N4. The summed E-state index contributed by atoms with van der Waals surface area (Å²) in [7, 11) is 0. The minimum atomic E-state index is -0.123. The summed E-state index contributed by atoms with van der Waals surface area (Å²) in [5.74, 6) is 0.787. The lowest BCUT2D eigenvalue weighted by Crippen LogP contribution is -3.05. The molecule has 276 valence electrons. The molecule has 2 heterocycles. The molecule has 58 heavy (non-hydrogen) atoms. The first kappa shape index (κ1) is 33.2. The molecule has 9 aromatic carbocycles. The van der Waals surface area contributed by atoms with Crippen LogP contribution >= 0.6 is 0 Å². The molecule has 2 atom stereocenters. The fourth-order valence-electron chi connectivity index (χ4n) is 10.1. The first-order chi connectivity index (χ1) is 28.5. The fourth-order valence-corrected chi connectivity index (χ4v) is 10.1. The Morgan fingerprint density at radius 2 is 1.16 bits per heavy atom. The third-order valence-corrected chi connectivity index (χ3v) is 12.9. The molecule has 1 aliphatic carbocycles. The van der Waals surface area contributed by atoms with Crippen LogP contribution in [0.1, 0.15) is 47.8 Å². The van der Waals surface area contributed by atoms with Crippen LogP contribution in [0.25, 0.3) is 76.4 Å². The van der Waals surface area contributed by atoms with Gasteiger partial charge in [-0.25, -0.2) is 0 Å². The average molecular weight is 745 g/mol. The van der Waals surface area contributed by atoms with Gasteiger partial charge in [-0.3, -0.25) is 10.4 Å². The molecule has 0 amide bonds. The predicted molar refractivity (Wildman–Crippen MR) is 241 cm³/mol. The molecule has 1 N–H and O–H groups in total. The highest BCUT2D eigenvalue weighted by atomic mass is 15.6. The molecule has 0 saturated heterocycles. The van der Waals surface area contributed by atoms with E-state index in [9.17, 15) is 0 Å². The molecule has 10 aromatic rings. The van der Waals surface area contributed by atoms with Crippen molar-refractivity contribution in [1.82, 2.24) is 4.57 Å². The van der Waals surface area contributed by atoms with Gasteiger partial charge in [-0.05, 0) is 85.1 Å². The summed E-state index contributed by atoms with van der Waals surface area (Å²) in [5, 5.41) is 11.4. The van der Waals surface area contributed by atoms with E-state index in [-0.39, 0.29) is 11.6 Å². The molecule has 0 bridgehead atoms. The zero-order valence-corrected chi connectivity index (χ0v) is 32.4. The van der Waals surface area contributed by atoms with Gasteiger partial charge in [-0.2, -0.15) is 0 Å². The zero-order valence-electron chi connectivity index (χ0n) is 32.4. The van der Waals surface area contributed by atoms with Gasteiger partial charge >= 0.3 is 0 Å². The van der Waals surface area contributed by atoms with Gasteiger partial charge in [0, 0.05) is 44.2 Å². The molecule has 12 rings (SSSR count). The topological polar surface area (TPSA) is 35.8 Å². The maximum Gasteiger partial charge on any atom is 0.136 e. The summed E-state index contributed by atoms with van der Waals surface area (Å²) in [5.41, 5.74) is 17.5. The Kier molecular flexibility index (Phi) is 7.14. The number of aliphatic imine (C=N–C) groups is 1. The van der Waals surface area contributed by atoms with Crippen molar-refractivity contribution in [3.05, 3.63) is 215 Å². The van der Waals surface area contributed by atoms with Gasteiger partial charge in [0.25, 0.3) is 0 Å². The quantitative estimate of drug-likeness (QED) is 0.170. The lowest BCUT2D eigenvalue weighted by atomic mass is 9.82. The second-order valence-corrected chi connectivity index (χ2v) is 16.5. The van der Waals surface area contributed by atoms with Crippen LogP contribution in [-0.2, 0) is 12.0 Å². The van der Waals surface area contributed by atoms with E-state index < -0.39 is 0 Å². The average Bonchev–Trinajstić information content (AvgIpc) is 3.91. The lowest BCUT2D eigenvalue weighted by molar-refractivity contribution is -0.898. The van der Waals surface area contributed by atoms with Crippen molar-refractivity contribution < 1.29 is 5.01 Å². The summed E-state index contributed by atoms with van der Waals surface area (Å²) in [6.07, 6.45) is -0.109. The van der Waals surface area contributed by atoms with Crippen LogP contribution in [0.5, 0.6) is 0 Å². The Balaban J connectivity index is 1.07. The molecule has 4 heteroatoms. The molecular weight excluding hydrogens is 705 g/mol. The van der Waals surface area contributed by atoms with Gasteiger partial charge in [-0.1, -0.05) is 166 Å². The van der Waals surface area contributed by atoms with E-state index in [0.717, 1.165) is 28.6 Å². The number of quaternary nitrogens is 1. The maximum absolute atomic E-state index is 5.27. The SMILES string of the molecule is CC1(C)c2ccccc2-c2cc3c4c5c6ccccc6c6ccccc6c5ccc4n(-c4ccc(C5=NC(c6ccccc6)[NH+](Cc6ccccc6)[N-]5)cc4)c3cc21. The normalized spacial score (nSPS) is 16.9. The Morgan fingerprint density at radius 3 is 1.90 bits per heavy atom. The van der Waals surface area contributed by atoms with E-state index in [4.69, 9.17) is 10.4 Å². The second-order valence-electron chi connectivity index (χ2n) is 16.5. The van der Waals surface area contributed by atoms with E-state index in [0.29, 0.717) is 0 Å². The standard InChI is InChI=1S/C54H40N4/c1-54(2)46-24-14-13-22-41(46)44-31-45-49(32-47(44)54)58(48-30-29-43-40-21-10-9-19-38(40)39-20-11-12-23-42(39)50(43)51(45)48)37-27-25-35(26-28-37)52-55-53(36-17-7-4-8-18-36)57(56-52)33-34-15-5-3-6-16-34/h3-32,53,57H,33H2,1-2H3. The van der Waals surface area contributed by atoms with Crippen LogP contribution in [0.4, 0.5) is 0 Å². The molecule has 2 aliphatic rings. The number of amidine groups is 1. The highest BCUT2D eigenvalue weighted by molar-refractivity contribution is 6.35. The van der Waals surface area contributed by atoms with E-state index in [2.05, 4.69) is 200 Å². The molecule has 1 aliphatic heterocycles. The van der Waals surface area contributed by atoms with E-state index >= 15 is 0 Å². The number of hydrogen-bond acceptors (Lipinski definition) is 1. The number of nitrogens with zero attached hydrogens (tertiary/aromatic N) is 3. The molecule has 4 nitrogen and oxygen atoms in total. The number of rotatable bonds is 5. The van der Waals surface area contributed by atoms with Crippen LogP contribution in [0.2, 0.25) is 0 Å². The summed E-state index contributed by atoms with van der Waals surface area (Å²) in [6.45, 7) is 5.51. The van der Waals surface area contributed by atoms with Crippen molar-refractivity contribution in [2.75, 3.05) is 0 Å². The van der Waals surface area contributed by atoms with Crippen molar-refractivity contribution >= 4 is 60.0 Å². The van der Waals surface area contributed by atoms with Gasteiger partial charge < -0.3 is 9.56 Å². The van der Waals surface area contributed by atoms with Crippen molar-refractivity contribution in [2.24, 2.45) is 4.99 Å². The summed E-state index contributed by atoms with van der Waals surface area (Å²) in [6, 6.07) is 66.6. The Bertz CT molecular complexity index is 3270. The Hall–Kier alpha value is -7.01. The highest BCUT2D eigenvalue weighted by Crippen LogP contribution is 2.52. The number of aromatic nitrogens is 1. The first-order valence-electron chi connectivity index (χ1n) is 20.3. The monoisotopic (exact) mass is 744 g/mol. The van der Waals surface area contributed by atoms with Gasteiger partial charge in [0.2, 0.25) is 0 Å². The number of fused-ring (bicyclic) bond motifs is 13. The Labute approximate surface area is 337 Å². The number of hydrogen-bond donors (Lipinski definition) is 1. The summed E-state index contributed by atoms with van der Waals surface area (Å²) >= 11 is 0. The largest absolute Gasteiger partial charge is 0.403 e. The van der Waals surface area contributed by atoms with Gasteiger partial charge in [0.1, 0.15) is 12.7 Å². The predicted octanol–water partition coefficient (Wildman–Crippen LogP) is 12.4. The molecule has 0 radical (unpaired) electrons. The smallest absolute Gasteiger partial charge is 0.136 e. The summed E-state index contributed by atoms with van der Waals surface area (Å²) < 4.78 is 2.49. The van der Waals surface area contributed by atoms with Gasteiger partial charge in [0.05, 0.1) is 11.0 Å². The van der Waals surface area contributed by atoms with Gasteiger partial charge in [-0.15, -0.1) is 0 Å². The molecule has 0 spiro atoms. The minimum absolute atomic E-state index is 0.109. The molecule has 1 aromatic heterocycles. The van der Waals surface area contributed by atoms with Crippen LogP contribution < -0.4 is 5.01 Å². The second kappa shape index (κ2) is 12.5. The van der Waals surface area contributed by atoms with E-state index in [1.165, 1.54) is 87.5 Å². The highest BCUT2D eigenvalue weighted by Gasteiger charge is 2.36. The minimum Gasteiger partial charge on any atom is -0.403 e. The van der Waals surface area contributed by atoms with E-state index in [1.54, 1.807) is 0 Å². The third kappa shape index (κ3) is 4.82. The molecule has 0 fully saturated rings. The Morgan fingerprint density at radius 1 is 0.534 bits per heavy atom.